The Morgan fingerprint density at radius 3 is 2.44 bits per heavy atom. The van der Waals surface area contributed by atoms with Crippen LogP contribution in [0.4, 0.5) is 5.69 Å². The molecule has 0 spiro atoms. The van der Waals surface area contributed by atoms with Crippen LogP contribution in [0.15, 0.2) is 47.4 Å². The van der Waals surface area contributed by atoms with Crippen LogP contribution in [-0.2, 0) is 10.0 Å². The molecule has 2 rings (SSSR count). The summed E-state index contributed by atoms with van der Waals surface area (Å²) >= 11 is 6.02. The minimum atomic E-state index is -3.70. The van der Waals surface area contributed by atoms with Crippen LogP contribution in [0.1, 0.15) is 24.2 Å². The van der Waals surface area contributed by atoms with E-state index in [9.17, 15) is 13.2 Å². The number of nitrogens with one attached hydrogen (secondary N) is 2. The molecule has 134 valence electrons. The fourth-order valence-corrected chi connectivity index (χ4v) is 3.66. The molecule has 0 saturated heterocycles. The van der Waals surface area contributed by atoms with Gasteiger partial charge in [-0.15, -0.1) is 0 Å². The number of rotatable bonds is 6. The Labute approximate surface area is 152 Å². The summed E-state index contributed by atoms with van der Waals surface area (Å²) in [6.45, 7) is 3.45. The molecule has 0 atom stereocenters. The SMILES string of the molecule is COc1ccc(S(=O)(=O)NC(C)C)cc1NC(=O)c1ccccc1Cl. The van der Waals surface area contributed by atoms with Crippen molar-refractivity contribution in [3.05, 3.63) is 53.1 Å². The highest BCUT2D eigenvalue weighted by atomic mass is 35.5. The quantitative estimate of drug-likeness (QED) is 0.802. The molecule has 2 aromatic rings. The molecule has 2 aromatic carbocycles. The third-order valence-electron chi connectivity index (χ3n) is 3.24. The summed E-state index contributed by atoms with van der Waals surface area (Å²) < 4.78 is 32.3. The minimum Gasteiger partial charge on any atom is -0.495 e. The highest BCUT2D eigenvalue weighted by molar-refractivity contribution is 7.89. The Morgan fingerprint density at radius 1 is 1.16 bits per heavy atom. The molecule has 0 aliphatic rings. The smallest absolute Gasteiger partial charge is 0.257 e. The molecular weight excluding hydrogens is 364 g/mol. The van der Waals surface area contributed by atoms with Crippen molar-refractivity contribution < 1.29 is 17.9 Å². The van der Waals surface area contributed by atoms with Crippen LogP contribution in [0.2, 0.25) is 5.02 Å². The van der Waals surface area contributed by atoms with Gasteiger partial charge in [-0.3, -0.25) is 4.79 Å². The molecule has 0 fully saturated rings. The first-order valence-corrected chi connectivity index (χ1v) is 9.37. The second kappa shape index (κ2) is 7.86. The van der Waals surface area contributed by atoms with Crippen molar-refractivity contribution in [3.63, 3.8) is 0 Å². The van der Waals surface area contributed by atoms with Crippen molar-refractivity contribution in [2.75, 3.05) is 12.4 Å². The van der Waals surface area contributed by atoms with Gasteiger partial charge in [-0.1, -0.05) is 23.7 Å². The highest BCUT2D eigenvalue weighted by Gasteiger charge is 2.19. The number of halogens is 1. The maximum absolute atomic E-state index is 12.4. The van der Waals surface area contributed by atoms with E-state index < -0.39 is 15.9 Å². The van der Waals surface area contributed by atoms with Gasteiger partial charge in [0.2, 0.25) is 10.0 Å². The summed E-state index contributed by atoms with van der Waals surface area (Å²) in [6, 6.07) is 10.6. The summed E-state index contributed by atoms with van der Waals surface area (Å²) in [5, 5.41) is 2.94. The third-order valence-corrected chi connectivity index (χ3v) is 5.22. The highest BCUT2D eigenvalue weighted by Crippen LogP contribution is 2.28. The van der Waals surface area contributed by atoms with E-state index in [1.54, 1.807) is 38.1 Å². The zero-order valence-corrected chi connectivity index (χ0v) is 15.6. The molecular formula is C17H19ClN2O4S. The molecule has 2 N–H and O–H groups in total. The summed E-state index contributed by atoms with van der Waals surface area (Å²) in [7, 11) is -2.27. The van der Waals surface area contributed by atoms with Crippen molar-refractivity contribution in [2.45, 2.75) is 24.8 Å². The molecule has 0 radical (unpaired) electrons. The van der Waals surface area contributed by atoms with Crippen LogP contribution < -0.4 is 14.8 Å². The Morgan fingerprint density at radius 2 is 1.84 bits per heavy atom. The zero-order valence-electron chi connectivity index (χ0n) is 14.0. The van der Waals surface area contributed by atoms with Gasteiger partial charge in [0.05, 0.1) is 28.3 Å². The molecule has 0 aliphatic carbocycles. The van der Waals surface area contributed by atoms with Crippen molar-refractivity contribution in [3.8, 4) is 5.75 Å². The summed E-state index contributed by atoms with van der Waals surface area (Å²) in [4.78, 5) is 12.5. The molecule has 0 bridgehead atoms. The number of carbonyl (C=O) groups is 1. The van der Waals surface area contributed by atoms with Gasteiger partial charge in [-0.2, -0.15) is 0 Å². The lowest BCUT2D eigenvalue weighted by Gasteiger charge is -2.14. The van der Waals surface area contributed by atoms with Crippen LogP contribution >= 0.6 is 11.6 Å². The average molecular weight is 383 g/mol. The van der Waals surface area contributed by atoms with Gasteiger partial charge < -0.3 is 10.1 Å². The molecule has 25 heavy (non-hydrogen) atoms. The first-order chi connectivity index (χ1) is 11.7. The van der Waals surface area contributed by atoms with E-state index in [-0.39, 0.29) is 22.2 Å². The van der Waals surface area contributed by atoms with Crippen LogP contribution in [-0.4, -0.2) is 27.5 Å². The molecule has 0 saturated carbocycles. The number of carbonyl (C=O) groups excluding carboxylic acids is 1. The average Bonchev–Trinajstić information content (AvgIpc) is 2.54. The van der Waals surface area contributed by atoms with Gasteiger partial charge in [0, 0.05) is 6.04 Å². The van der Waals surface area contributed by atoms with Gasteiger partial charge in [-0.25, -0.2) is 13.1 Å². The van der Waals surface area contributed by atoms with Gasteiger partial charge in [0.15, 0.2) is 0 Å². The van der Waals surface area contributed by atoms with Crippen LogP contribution in [0.25, 0.3) is 0 Å². The number of ether oxygens (including phenoxy) is 1. The first kappa shape index (κ1) is 19.2. The standard InChI is InChI=1S/C17H19ClN2O4S/c1-11(2)20-25(22,23)12-8-9-16(24-3)15(10-12)19-17(21)13-6-4-5-7-14(13)18/h4-11,20H,1-3H3,(H,19,21). The normalized spacial score (nSPS) is 11.4. The Kier molecular flexibility index (Phi) is 6.05. The Bertz CT molecular complexity index is 882. The Balaban J connectivity index is 2.38. The number of benzene rings is 2. The van der Waals surface area contributed by atoms with E-state index in [4.69, 9.17) is 16.3 Å². The maximum atomic E-state index is 12.4. The van der Waals surface area contributed by atoms with Gasteiger partial charge in [0.25, 0.3) is 5.91 Å². The van der Waals surface area contributed by atoms with E-state index in [1.807, 2.05) is 0 Å². The van der Waals surface area contributed by atoms with E-state index in [0.29, 0.717) is 10.8 Å². The molecule has 8 heteroatoms. The number of sulfonamides is 1. The predicted octanol–water partition coefficient (Wildman–Crippen LogP) is 3.29. The minimum absolute atomic E-state index is 0.0245. The van der Waals surface area contributed by atoms with Crippen molar-refractivity contribution in [1.29, 1.82) is 0 Å². The molecule has 1 amide bonds. The number of methoxy groups -OCH3 is 1. The monoisotopic (exact) mass is 382 g/mol. The molecule has 6 nitrogen and oxygen atoms in total. The molecule has 0 heterocycles. The largest absolute Gasteiger partial charge is 0.495 e. The van der Waals surface area contributed by atoms with Gasteiger partial charge in [-0.05, 0) is 44.2 Å². The van der Waals surface area contributed by atoms with E-state index >= 15 is 0 Å². The predicted molar refractivity (Wildman–Crippen MR) is 97.9 cm³/mol. The van der Waals surface area contributed by atoms with Gasteiger partial charge in [0.1, 0.15) is 5.75 Å². The maximum Gasteiger partial charge on any atom is 0.257 e. The van der Waals surface area contributed by atoms with E-state index in [1.165, 1.54) is 25.3 Å². The van der Waals surface area contributed by atoms with E-state index in [2.05, 4.69) is 10.0 Å². The molecule has 0 aliphatic heterocycles. The Hall–Kier alpha value is -2.09. The van der Waals surface area contributed by atoms with Gasteiger partial charge >= 0.3 is 0 Å². The summed E-state index contributed by atoms with van der Waals surface area (Å²) in [5.74, 6) is -0.126. The fraction of sp³-hybridized carbons (Fsp3) is 0.235. The number of anilines is 1. The topological polar surface area (TPSA) is 84.5 Å². The lowest BCUT2D eigenvalue weighted by molar-refractivity contribution is 0.102. The van der Waals surface area contributed by atoms with Crippen LogP contribution in [0.5, 0.6) is 5.75 Å². The third kappa shape index (κ3) is 4.72. The lowest BCUT2D eigenvalue weighted by atomic mass is 10.2. The second-order valence-corrected chi connectivity index (χ2v) is 7.69. The van der Waals surface area contributed by atoms with Crippen LogP contribution in [0, 0.1) is 0 Å². The van der Waals surface area contributed by atoms with Crippen LogP contribution in [0.3, 0.4) is 0 Å². The second-order valence-electron chi connectivity index (χ2n) is 5.57. The van der Waals surface area contributed by atoms with Crippen molar-refractivity contribution >= 4 is 33.2 Å². The summed E-state index contributed by atoms with van der Waals surface area (Å²) in [6.07, 6.45) is 0. The lowest BCUT2D eigenvalue weighted by Crippen LogP contribution is -2.30. The zero-order chi connectivity index (χ0) is 18.6. The summed E-state index contributed by atoms with van der Waals surface area (Å²) in [5.41, 5.74) is 0.513. The molecule has 0 unspecified atom stereocenters. The van der Waals surface area contributed by atoms with Crippen molar-refractivity contribution in [2.24, 2.45) is 0 Å². The fourth-order valence-electron chi connectivity index (χ4n) is 2.17. The van der Waals surface area contributed by atoms with Crippen molar-refractivity contribution in [1.82, 2.24) is 4.72 Å². The number of hydrogen-bond donors (Lipinski definition) is 2. The number of hydrogen-bond acceptors (Lipinski definition) is 4. The number of amides is 1. The van der Waals surface area contributed by atoms with E-state index in [0.717, 1.165) is 0 Å². The first-order valence-electron chi connectivity index (χ1n) is 7.51. The molecule has 0 aromatic heterocycles.